The van der Waals surface area contributed by atoms with Crippen molar-refractivity contribution in [1.82, 2.24) is 4.98 Å². The summed E-state index contributed by atoms with van der Waals surface area (Å²) in [6.45, 7) is 3.58. The molecule has 3 nitrogen and oxygen atoms in total. The van der Waals surface area contributed by atoms with Gasteiger partial charge in [0.25, 0.3) is 0 Å². The van der Waals surface area contributed by atoms with E-state index in [1.807, 2.05) is 25.1 Å². The molecule has 90 valence electrons. The number of nitrogens with zero attached hydrogens (tertiary/aromatic N) is 1. The molecule has 2 rings (SSSR count). The van der Waals surface area contributed by atoms with Crippen LogP contribution in [0.15, 0.2) is 23.1 Å². The van der Waals surface area contributed by atoms with Gasteiger partial charge >= 0.3 is 0 Å². The van der Waals surface area contributed by atoms with Gasteiger partial charge in [0.2, 0.25) is 0 Å². The second-order valence-electron chi connectivity index (χ2n) is 4.13. The fraction of sp³-hybridized carbons (Fsp3) is 0.250. The van der Waals surface area contributed by atoms with Crippen LogP contribution in [-0.2, 0) is 9.84 Å². The molecule has 1 aromatic carbocycles. The Hall–Kier alpha value is -1.13. The summed E-state index contributed by atoms with van der Waals surface area (Å²) < 4.78 is 23.4. The average molecular weight is 270 g/mol. The van der Waals surface area contributed by atoms with Gasteiger partial charge in [-0.25, -0.2) is 8.42 Å². The topological polar surface area (TPSA) is 47.0 Å². The van der Waals surface area contributed by atoms with Gasteiger partial charge in [-0.1, -0.05) is 23.2 Å². The molecule has 0 aliphatic heterocycles. The first kappa shape index (κ1) is 12.3. The van der Waals surface area contributed by atoms with E-state index in [4.69, 9.17) is 11.6 Å². The summed E-state index contributed by atoms with van der Waals surface area (Å²) in [4.78, 5) is 4.40. The predicted molar refractivity (Wildman–Crippen MR) is 69.3 cm³/mol. The fourth-order valence-electron chi connectivity index (χ4n) is 1.87. The molecule has 5 heteroatoms. The van der Waals surface area contributed by atoms with E-state index in [0.29, 0.717) is 16.6 Å². The van der Waals surface area contributed by atoms with Crippen LogP contribution in [0.5, 0.6) is 0 Å². The molecule has 0 bridgehead atoms. The standard InChI is InChI=1S/C12H12ClNO2S/c1-7-4-5-10-9(6-7)11(13)12(8(2)14-10)17(3,15)16/h4-6H,1-3H3. The minimum Gasteiger partial charge on any atom is -0.252 e. The Morgan fingerprint density at radius 1 is 1.24 bits per heavy atom. The molecule has 1 aromatic heterocycles. The first-order chi connectivity index (χ1) is 7.80. The Labute approximate surface area is 105 Å². The Morgan fingerprint density at radius 2 is 1.88 bits per heavy atom. The largest absolute Gasteiger partial charge is 0.252 e. The van der Waals surface area contributed by atoms with E-state index < -0.39 is 9.84 Å². The number of fused-ring (bicyclic) bond motifs is 1. The lowest BCUT2D eigenvalue weighted by Gasteiger charge is -2.09. The Kier molecular flexibility index (Phi) is 2.87. The molecular formula is C12H12ClNO2S. The molecule has 0 N–H and O–H groups in total. The molecule has 0 amide bonds. The van der Waals surface area contributed by atoms with Crippen molar-refractivity contribution in [2.45, 2.75) is 18.7 Å². The zero-order valence-corrected chi connectivity index (χ0v) is 11.4. The molecule has 1 heterocycles. The van der Waals surface area contributed by atoms with Gasteiger partial charge in [0.15, 0.2) is 9.84 Å². The van der Waals surface area contributed by atoms with Gasteiger partial charge in [-0.15, -0.1) is 0 Å². The first-order valence-electron chi connectivity index (χ1n) is 5.07. The van der Waals surface area contributed by atoms with Crippen LogP contribution in [0.2, 0.25) is 5.02 Å². The zero-order valence-electron chi connectivity index (χ0n) is 9.78. The molecule has 17 heavy (non-hydrogen) atoms. The van der Waals surface area contributed by atoms with Crippen LogP contribution in [0.1, 0.15) is 11.3 Å². The number of hydrogen-bond donors (Lipinski definition) is 0. The summed E-state index contributed by atoms with van der Waals surface area (Å²) in [5, 5.41) is 0.941. The molecule has 0 saturated carbocycles. The molecule has 2 aromatic rings. The molecule has 0 aliphatic carbocycles. The number of benzene rings is 1. The van der Waals surface area contributed by atoms with E-state index in [2.05, 4.69) is 4.98 Å². The molecular weight excluding hydrogens is 258 g/mol. The SMILES string of the molecule is Cc1ccc2nc(C)c(S(C)(=O)=O)c(Cl)c2c1. The molecule has 0 spiro atoms. The van der Waals surface area contributed by atoms with Gasteiger partial charge in [-0.3, -0.25) is 4.98 Å². The maximum Gasteiger partial charge on any atom is 0.178 e. The third kappa shape index (κ3) is 2.15. The van der Waals surface area contributed by atoms with Gasteiger partial charge in [0.1, 0.15) is 4.90 Å². The van der Waals surface area contributed by atoms with Crippen molar-refractivity contribution < 1.29 is 8.42 Å². The summed E-state index contributed by atoms with van der Waals surface area (Å²) in [7, 11) is -3.36. The third-order valence-electron chi connectivity index (χ3n) is 2.58. The number of aromatic nitrogens is 1. The van der Waals surface area contributed by atoms with Crippen molar-refractivity contribution in [3.05, 3.63) is 34.5 Å². The van der Waals surface area contributed by atoms with E-state index in [9.17, 15) is 8.42 Å². The lowest BCUT2D eigenvalue weighted by molar-refractivity contribution is 0.601. The van der Waals surface area contributed by atoms with Crippen LogP contribution in [0.3, 0.4) is 0 Å². The molecule has 0 radical (unpaired) electrons. The number of sulfone groups is 1. The Morgan fingerprint density at radius 3 is 2.47 bits per heavy atom. The van der Waals surface area contributed by atoms with Gasteiger partial charge in [-0.2, -0.15) is 0 Å². The lowest BCUT2D eigenvalue weighted by atomic mass is 10.1. The highest BCUT2D eigenvalue weighted by Crippen LogP contribution is 2.31. The second-order valence-corrected chi connectivity index (χ2v) is 6.46. The van der Waals surface area contributed by atoms with Gasteiger partial charge in [0.05, 0.1) is 16.2 Å². The van der Waals surface area contributed by atoms with Crippen molar-refractivity contribution in [3.8, 4) is 0 Å². The van der Waals surface area contributed by atoms with Gasteiger partial charge in [0, 0.05) is 11.6 Å². The number of hydrogen-bond acceptors (Lipinski definition) is 3. The van der Waals surface area contributed by atoms with Crippen LogP contribution in [0.4, 0.5) is 0 Å². The normalized spacial score (nSPS) is 12.0. The first-order valence-corrected chi connectivity index (χ1v) is 7.34. The second kappa shape index (κ2) is 3.96. The molecule has 0 fully saturated rings. The van der Waals surface area contributed by atoms with E-state index in [-0.39, 0.29) is 9.92 Å². The van der Waals surface area contributed by atoms with E-state index >= 15 is 0 Å². The number of aryl methyl sites for hydroxylation is 2. The molecule has 0 atom stereocenters. The quantitative estimate of drug-likeness (QED) is 0.800. The summed E-state index contributed by atoms with van der Waals surface area (Å²) in [5.41, 5.74) is 2.17. The fourth-order valence-corrected chi connectivity index (χ4v) is 3.59. The highest BCUT2D eigenvalue weighted by atomic mass is 35.5. The van der Waals surface area contributed by atoms with Crippen molar-refractivity contribution >= 4 is 32.3 Å². The third-order valence-corrected chi connectivity index (χ3v) is 4.32. The Balaban J connectivity index is 2.98. The van der Waals surface area contributed by atoms with E-state index in [0.717, 1.165) is 11.8 Å². The Bertz CT molecular complexity index is 708. The summed E-state index contributed by atoms with van der Waals surface area (Å²) in [5.74, 6) is 0. The highest BCUT2D eigenvalue weighted by molar-refractivity contribution is 7.90. The van der Waals surface area contributed by atoms with Crippen molar-refractivity contribution in [3.63, 3.8) is 0 Å². The average Bonchev–Trinajstić information content (AvgIpc) is 2.17. The summed E-state index contributed by atoms with van der Waals surface area (Å²) >= 11 is 6.18. The van der Waals surface area contributed by atoms with Crippen molar-refractivity contribution in [2.24, 2.45) is 0 Å². The summed E-state index contributed by atoms with van der Waals surface area (Å²) in [6.07, 6.45) is 1.14. The molecule has 0 unspecified atom stereocenters. The highest BCUT2D eigenvalue weighted by Gasteiger charge is 2.19. The van der Waals surface area contributed by atoms with Crippen LogP contribution in [-0.4, -0.2) is 19.7 Å². The zero-order chi connectivity index (χ0) is 12.8. The maximum absolute atomic E-state index is 11.7. The minimum absolute atomic E-state index is 0.122. The van der Waals surface area contributed by atoms with Crippen LogP contribution < -0.4 is 0 Å². The predicted octanol–water partition coefficient (Wildman–Crippen LogP) is 2.91. The number of pyridine rings is 1. The van der Waals surface area contributed by atoms with E-state index in [1.165, 1.54) is 0 Å². The number of halogens is 1. The van der Waals surface area contributed by atoms with Crippen molar-refractivity contribution in [2.75, 3.05) is 6.26 Å². The smallest absolute Gasteiger partial charge is 0.178 e. The van der Waals surface area contributed by atoms with Crippen molar-refractivity contribution in [1.29, 1.82) is 0 Å². The van der Waals surface area contributed by atoms with Crippen LogP contribution in [0, 0.1) is 13.8 Å². The molecule has 0 aliphatic rings. The van der Waals surface area contributed by atoms with Crippen LogP contribution in [0.25, 0.3) is 10.9 Å². The minimum atomic E-state index is -3.36. The monoisotopic (exact) mass is 269 g/mol. The van der Waals surface area contributed by atoms with E-state index in [1.54, 1.807) is 6.92 Å². The maximum atomic E-state index is 11.7. The van der Waals surface area contributed by atoms with Gasteiger partial charge in [-0.05, 0) is 26.0 Å². The molecule has 0 saturated heterocycles. The number of rotatable bonds is 1. The van der Waals surface area contributed by atoms with Gasteiger partial charge < -0.3 is 0 Å². The summed E-state index contributed by atoms with van der Waals surface area (Å²) in [6, 6.07) is 5.61. The lowest BCUT2D eigenvalue weighted by Crippen LogP contribution is -2.03. The van der Waals surface area contributed by atoms with Crippen LogP contribution >= 0.6 is 11.6 Å².